The van der Waals surface area contributed by atoms with Crippen molar-refractivity contribution in [2.24, 2.45) is 0 Å². The molecule has 5 aromatic rings. The Morgan fingerprint density at radius 2 is 1.38 bits per heavy atom. The summed E-state index contributed by atoms with van der Waals surface area (Å²) in [4.78, 5) is 56.1. The maximum atomic E-state index is 12.6. The van der Waals surface area contributed by atoms with Crippen LogP contribution in [0.2, 0.25) is 0 Å². The number of aryl methyl sites for hydroxylation is 2. The Hall–Kier alpha value is -5.53. The molecule has 0 spiro atoms. The van der Waals surface area contributed by atoms with Crippen LogP contribution in [-0.2, 0) is 18.5 Å². The van der Waals surface area contributed by atoms with E-state index in [0.29, 0.717) is 60.4 Å². The molecule has 0 unspecified atom stereocenters. The molecule has 232 valence electrons. The molecule has 0 atom stereocenters. The van der Waals surface area contributed by atoms with E-state index in [-0.39, 0.29) is 34.5 Å². The number of carboxylic acids is 1. The van der Waals surface area contributed by atoms with E-state index in [0.717, 1.165) is 23.6 Å². The first-order chi connectivity index (χ1) is 21.5. The van der Waals surface area contributed by atoms with Gasteiger partial charge in [-0.1, -0.05) is 25.9 Å². The minimum absolute atomic E-state index is 0.00643. The molecule has 0 bridgehead atoms. The van der Waals surface area contributed by atoms with Crippen LogP contribution in [0.15, 0.2) is 47.0 Å². The SMILES string of the molecule is CC(C)(C)c1cc(NC(=O)c2ccc3cc4n(c3n2)CCCNC4=O)no1.O=C(O)c1ccc2cc3n(c2n1)CCCNC3=O. The first kappa shape index (κ1) is 29.5. The lowest BCUT2D eigenvalue weighted by molar-refractivity contribution is 0.0690. The van der Waals surface area contributed by atoms with Crippen LogP contribution in [0.1, 0.15) is 81.3 Å². The van der Waals surface area contributed by atoms with Crippen LogP contribution in [0, 0.1) is 0 Å². The maximum absolute atomic E-state index is 12.6. The average molecular weight is 613 g/mol. The molecule has 2 aliphatic heterocycles. The van der Waals surface area contributed by atoms with Crippen molar-refractivity contribution in [3.05, 3.63) is 71.0 Å². The van der Waals surface area contributed by atoms with Crippen LogP contribution in [0.5, 0.6) is 0 Å². The number of hydrogen-bond acceptors (Lipinski definition) is 8. The van der Waals surface area contributed by atoms with Crippen LogP contribution in [0.3, 0.4) is 0 Å². The molecule has 0 saturated heterocycles. The molecule has 2 aliphatic rings. The Kier molecular flexibility index (Phi) is 7.56. The van der Waals surface area contributed by atoms with Gasteiger partial charge in [-0.15, -0.1) is 0 Å². The number of fused-ring (bicyclic) bond motifs is 6. The summed E-state index contributed by atoms with van der Waals surface area (Å²) in [6.07, 6.45) is 1.62. The third kappa shape index (κ3) is 5.86. The second-order valence-corrected chi connectivity index (χ2v) is 11.9. The number of nitrogens with one attached hydrogen (secondary N) is 3. The van der Waals surface area contributed by atoms with Crippen molar-refractivity contribution in [3.8, 4) is 0 Å². The number of aromatic carboxylic acids is 1. The number of aromatic nitrogens is 5. The fourth-order valence-electron chi connectivity index (χ4n) is 5.26. The average Bonchev–Trinajstić information content (AvgIpc) is 3.66. The van der Waals surface area contributed by atoms with Crippen LogP contribution < -0.4 is 16.0 Å². The number of amides is 3. The number of carboxylic acid groups (broad SMARTS) is 1. The van der Waals surface area contributed by atoms with Crippen molar-refractivity contribution in [2.45, 2.75) is 52.1 Å². The van der Waals surface area contributed by atoms with Gasteiger partial charge in [0.05, 0.1) is 0 Å². The summed E-state index contributed by atoms with van der Waals surface area (Å²) < 4.78 is 8.94. The van der Waals surface area contributed by atoms with Gasteiger partial charge in [-0.25, -0.2) is 14.8 Å². The zero-order valence-corrected chi connectivity index (χ0v) is 25.0. The molecular formula is C31H32N8O6. The van der Waals surface area contributed by atoms with Crippen molar-refractivity contribution in [1.29, 1.82) is 0 Å². The normalized spacial score (nSPS) is 14.7. The number of pyridine rings is 2. The van der Waals surface area contributed by atoms with Crippen molar-refractivity contribution in [1.82, 2.24) is 34.9 Å². The fourth-order valence-corrected chi connectivity index (χ4v) is 5.26. The Morgan fingerprint density at radius 1 is 0.844 bits per heavy atom. The minimum Gasteiger partial charge on any atom is -0.477 e. The molecule has 4 N–H and O–H groups in total. The van der Waals surface area contributed by atoms with Gasteiger partial charge in [0, 0.05) is 48.4 Å². The first-order valence-electron chi connectivity index (χ1n) is 14.6. The van der Waals surface area contributed by atoms with Crippen LogP contribution in [0.25, 0.3) is 22.1 Å². The third-order valence-corrected chi connectivity index (χ3v) is 7.58. The van der Waals surface area contributed by atoms with Gasteiger partial charge in [0.15, 0.2) is 11.5 Å². The van der Waals surface area contributed by atoms with Gasteiger partial charge in [0.2, 0.25) is 0 Å². The highest BCUT2D eigenvalue weighted by Gasteiger charge is 2.23. The number of anilines is 1. The molecule has 0 aliphatic carbocycles. The summed E-state index contributed by atoms with van der Waals surface area (Å²) in [5.74, 6) is -0.662. The molecule has 0 aromatic carbocycles. The van der Waals surface area contributed by atoms with Crippen LogP contribution in [0.4, 0.5) is 5.82 Å². The van der Waals surface area contributed by atoms with Crippen molar-refractivity contribution in [3.63, 3.8) is 0 Å². The standard InChI is InChI=1S/C19H21N5O3.C12H11N3O3/c1-19(2,3)14-10-15(23-27-14)22-17(25)12-6-5-11-9-13-18(26)20-7-4-8-24(13)16(11)21-12;16-11-9-6-7-2-3-8(12(17)18)14-10(7)15(9)5-1-4-13-11/h5-6,9-10H,4,7-8H2,1-3H3,(H,20,26)(H,22,23,25);2-3,6H,1,4-5H2,(H,13,16)(H,17,18). The summed E-state index contributed by atoms with van der Waals surface area (Å²) in [5.41, 5.74) is 2.35. The topological polar surface area (TPSA) is 186 Å². The highest BCUT2D eigenvalue weighted by atomic mass is 16.5. The number of carbonyl (C=O) groups is 4. The van der Waals surface area contributed by atoms with Gasteiger partial charge in [-0.2, -0.15) is 0 Å². The Labute approximate surface area is 256 Å². The van der Waals surface area contributed by atoms with Crippen molar-refractivity contribution < 1.29 is 28.8 Å². The van der Waals surface area contributed by atoms with E-state index in [1.165, 1.54) is 6.07 Å². The van der Waals surface area contributed by atoms with E-state index in [1.807, 2.05) is 25.3 Å². The van der Waals surface area contributed by atoms with Gasteiger partial charge < -0.3 is 34.7 Å². The lowest BCUT2D eigenvalue weighted by Crippen LogP contribution is -2.22. The first-order valence-corrected chi connectivity index (χ1v) is 14.6. The summed E-state index contributed by atoms with van der Waals surface area (Å²) in [5, 5.41) is 22.8. The van der Waals surface area contributed by atoms with Gasteiger partial charge in [0.1, 0.15) is 34.1 Å². The Morgan fingerprint density at radius 3 is 1.89 bits per heavy atom. The Balaban J connectivity index is 0.000000172. The molecule has 14 nitrogen and oxygen atoms in total. The molecule has 0 radical (unpaired) electrons. The predicted octanol–water partition coefficient (Wildman–Crippen LogP) is 3.58. The van der Waals surface area contributed by atoms with Crippen molar-refractivity contribution in [2.75, 3.05) is 18.4 Å². The van der Waals surface area contributed by atoms with E-state index in [4.69, 9.17) is 9.63 Å². The summed E-state index contributed by atoms with van der Waals surface area (Å²) in [7, 11) is 0. The third-order valence-electron chi connectivity index (χ3n) is 7.58. The van der Waals surface area contributed by atoms with Gasteiger partial charge >= 0.3 is 5.97 Å². The van der Waals surface area contributed by atoms with Crippen LogP contribution in [-0.4, -0.2) is 66.1 Å². The minimum atomic E-state index is -1.06. The molecule has 3 amide bonds. The van der Waals surface area contributed by atoms with E-state index in [9.17, 15) is 19.2 Å². The molecule has 14 heteroatoms. The highest BCUT2D eigenvalue weighted by molar-refractivity contribution is 6.04. The van der Waals surface area contributed by atoms with Gasteiger partial charge in [0.25, 0.3) is 17.7 Å². The number of hydrogen-bond donors (Lipinski definition) is 4. The molecule has 0 saturated carbocycles. The summed E-state index contributed by atoms with van der Waals surface area (Å²) >= 11 is 0. The molecule has 0 fully saturated rings. The Bertz CT molecular complexity index is 1980. The van der Waals surface area contributed by atoms with Gasteiger partial charge in [-0.3, -0.25) is 14.4 Å². The highest BCUT2D eigenvalue weighted by Crippen LogP contribution is 2.25. The van der Waals surface area contributed by atoms with E-state index >= 15 is 0 Å². The molecule has 7 rings (SSSR count). The zero-order valence-electron chi connectivity index (χ0n) is 25.0. The van der Waals surface area contributed by atoms with Crippen molar-refractivity contribution >= 4 is 51.6 Å². The smallest absolute Gasteiger partial charge is 0.354 e. The zero-order chi connectivity index (χ0) is 31.9. The lowest BCUT2D eigenvalue weighted by atomic mass is 9.93. The van der Waals surface area contributed by atoms with E-state index in [2.05, 4.69) is 31.1 Å². The van der Waals surface area contributed by atoms with E-state index < -0.39 is 5.97 Å². The number of nitrogens with zero attached hydrogens (tertiary/aromatic N) is 5. The molecule has 5 aromatic heterocycles. The predicted molar refractivity (Wildman–Crippen MR) is 163 cm³/mol. The quantitative estimate of drug-likeness (QED) is 0.236. The largest absolute Gasteiger partial charge is 0.477 e. The lowest BCUT2D eigenvalue weighted by Gasteiger charge is -2.12. The monoisotopic (exact) mass is 612 g/mol. The van der Waals surface area contributed by atoms with E-state index in [1.54, 1.807) is 41.0 Å². The van der Waals surface area contributed by atoms with Gasteiger partial charge in [-0.05, 0) is 49.2 Å². The second-order valence-electron chi connectivity index (χ2n) is 11.9. The maximum Gasteiger partial charge on any atom is 0.354 e. The molecule has 45 heavy (non-hydrogen) atoms. The number of carbonyl (C=O) groups excluding carboxylic acids is 3. The second kappa shape index (κ2) is 11.5. The van der Waals surface area contributed by atoms with Crippen LogP contribution >= 0.6 is 0 Å². The molecule has 7 heterocycles. The summed E-state index contributed by atoms with van der Waals surface area (Å²) in [6.45, 7) is 8.60. The number of rotatable bonds is 3. The summed E-state index contributed by atoms with van der Waals surface area (Å²) in [6, 6.07) is 11.8. The fraction of sp³-hybridized carbons (Fsp3) is 0.323. The molecular weight excluding hydrogens is 580 g/mol.